The van der Waals surface area contributed by atoms with Crippen molar-refractivity contribution in [3.05, 3.63) is 88.7 Å². The maximum Gasteiger partial charge on any atom is 0.274 e. The molecule has 0 unspecified atom stereocenters. The van der Waals surface area contributed by atoms with E-state index >= 15 is 0 Å². The molecule has 0 fully saturated rings. The molecule has 3 rings (SSSR count). The van der Waals surface area contributed by atoms with Gasteiger partial charge in [0.25, 0.3) is 5.91 Å². The molecule has 128 valence electrons. The van der Waals surface area contributed by atoms with Gasteiger partial charge in [-0.15, -0.1) is 0 Å². The maximum atomic E-state index is 12.4. The Morgan fingerprint density at radius 3 is 2.58 bits per heavy atom. The van der Waals surface area contributed by atoms with Crippen LogP contribution in [-0.4, -0.2) is 10.9 Å². The number of halogens is 1. The summed E-state index contributed by atoms with van der Waals surface area (Å²) in [6.07, 6.45) is 1.57. The largest absolute Gasteiger partial charge is 0.381 e. The third-order valence-electron chi connectivity index (χ3n) is 3.71. The van der Waals surface area contributed by atoms with E-state index in [0.717, 1.165) is 11.3 Å². The van der Waals surface area contributed by atoms with Gasteiger partial charge in [0.05, 0.1) is 11.6 Å². The topological polar surface area (TPSA) is 77.8 Å². The molecule has 0 saturated heterocycles. The summed E-state index contributed by atoms with van der Waals surface area (Å²) in [6, 6.07) is 19.7. The number of pyridine rings is 1. The summed E-state index contributed by atoms with van der Waals surface area (Å²) in [5, 5.41) is 15.5. The van der Waals surface area contributed by atoms with Gasteiger partial charge < -0.3 is 10.6 Å². The molecule has 0 aliphatic heterocycles. The van der Waals surface area contributed by atoms with Gasteiger partial charge in [-0.2, -0.15) is 5.26 Å². The van der Waals surface area contributed by atoms with E-state index in [1.54, 1.807) is 42.6 Å². The molecule has 0 radical (unpaired) electrons. The fraction of sp³-hybridized carbons (Fsp3) is 0.0500. The first-order valence-electron chi connectivity index (χ1n) is 7.90. The molecular formula is C20H15ClN4O. The van der Waals surface area contributed by atoms with Crippen molar-refractivity contribution in [3.8, 4) is 6.07 Å². The maximum absolute atomic E-state index is 12.4. The molecule has 5 nitrogen and oxygen atoms in total. The molecular weight excluding hydrogens is 348 g/mol. The minimum Gasteiger partial charge on any atom is -0.381 e. The lowest BCUT2D eigenvalue weighted by Crippen LogP contribution is -2.14. The molecule has 2 aromatic carbocycles. The van der Waals surface area contributed by atoms with Gasteiger partial charge in [-0.1, -0.05) is 29.8 Å². The fourth-order valence-corrected chi connectivity index (χ4v) is 2.53. The van der Waals surface area contributed by atoms with Crippen molar-refractivity contribution in [1.82, 2.24) is 4.98 Å². The molecule has 0 atom stereocenters. The molecule has 0 aliphatic carbocycles. The Kier molecular flexibility index (Phi) is 5.47. The summed E-state index contributed by atoms with van der Waals surface area (Å²) in [6.45, 7) is 0.542. The van der Waals surface area contributed by atoms with Crippen molar-refractivity contribution in [1.29, 1.82) is 5.26 Å². The molecule has 0 aliphatic rings. The molecule has 0 bridgehead atoms. The Morgan fingerprint density at radius 2 is 1.85 bits per heavy atom. The predicted molar refractivity (Wildman–Crippen MR) is 102 cm³/mol. The lowest BCUT2D eigenvalue weighted by atomic mass is 10.2. The minimum atomic E-state index is -0.323. The zero-order chi connectivity index (χ0) is 18.4. The second-order valence-corrected chi connectivity index (χ2v) is 5.93. The van der Waals surface area contributed by atoms with Crippen molar-refractivity contribution >= 4 is 28.9 Å². The summed E-state index contributed by atoms with van der Waals surface area (Å²) in [5.41, 5.74) is 3.16. The smallest absolute Gasteiger partial charge is 0.274 e. The van der Waals surface area contributed by atoms with Crippen LogP contribution in [0.25, 0.3) is 0 Å². The lowest BCUT2D eigenvalue weighted by molar-refractivity contribution is 0.102. The average Bonchev–Trinajstić information content (AvgIpc) is 2.68. The molecule has 1 amide bonds. The zero-order valence-corrected chi connectivity index (χ0v) is 14.5. The van der Waals surface area contributed by atoms with Crippen LogP contribution < -0.4 is 10.6 Å². The molecule has 0 saturated carbocycles. The fourth-order valence-electron chi connectivity index (χ4n) is 2.33. The zero-order valence-electron chi connectivity index (χ0n) is 13.7. The number of hydrogen-bond donors (Lipinski definition) is 2. The first kappa shape index (κ1) is 17.5. The Hall–Kier alpha value is -3.36. The highest BCUT2D eigenvalue weighted by Gasteiger charge is 2.09. The number of carbonyl (C=O) groups excluding carboxylic acids is 1. The molecule has 3 aromatic rings. The lowest BCUT2D eigenvalue weighted by Gasteiger charge is -2.09. The van der Waals surface area contributed by atoms with E-state index in [-0.39, 0.29) is 5.91 Å². The van der Waals surface area contributed by atoms with E-state index in [1.165, 1.54) is 0 Å². The summed E-state index contributed by atoms with van der Waals surface area (Å²) in [7, 11) is 0. The van der Waals surface area contributed by atoms with E-state index in [1.807, 2.05) is 30.3 Å². The summed E-state index contributed by atoms with van der Waals surface area (Å²) >= 11 is 6.15. The van der Waals surface area contributed by atoms with E-state index in [9.17, 15) is 4.79 Å². The summed E-state index contributed by atoms with van der Waals surface area (Å²) < 4.78 is 0. The monoisotopic (exact) mass is 362 g/mol. The number of rotatable bonds is 5. The van der Waals surface area contributed by atoms with Crippen LogP contribution in [0, 0.1) is 11.3 Å². The van der Waals surface area contributed by atoms with Gasteiger partial charge in [-0.25, -0.2) is 0 Å². The Balaban J connectivity index is 1.67. The van der Waals surface area contributed by atoms with Crippen LogP contribution in [0.5, 0.6) is 0 Å². The third-order valence-corrected chi connectivity index (χ3v) is 4.07. The highest BCUT2D eigenvalue weighted by Crippen LogP contribution is 2.17. The number of nitrogens with one attached hydrogen (secondary N) is 2. The van der Waals surface area contributed by atoms with Crippen molar-refractivity contribution in [2.75, 3.05) is 10.6 Å². The quantitative estimate of drug-likeness (QED) is 0.701. The third kappa shape index (κ3) is 4.38. The molecule has 1 heterocycles. The number of benzene rings is 2. The summed E-state index contributed by atoms with van der Waals surface area (Å²) in [5.74, 6) is -0.323. The Bertz CT molecular complexity index is 964. The van der Waals surface area contributed by atoms with Gasteiger partial charge in [0.2, 0.25) is 0 Å². The standard InChI is InChI=1S/C20H15ClN4O/c21-18-4-2-1-3-15(18)13-24-17-9-10-23-19(11-17)20(26)25-16-7-5-14(12-22)6-8-16/h1-11H,13H2,(H,23,24)(H,25,26). The number of aromatic nitrogens is 1. The van der Waals surface area contributed by atoms with Crippen LogP contribution in [-0.2, 0) is 6.54 Å². The Morgan fingerprint density at radius 1 is 1.08 bits per heavy atom. The van der Waals surface area contributed by atoms with Gasteiger partial charge in [0.1, 0.15) is 5.69 Å². The van der Waals surface area contributed by atoms with Gasteiger partial charge in [-0.05, 0) is 48.0 Å². The normalized spacial score (nSPS) is 10.0. The van der Waals surface area contributed by atoms with Crippen molar-refractivity contribution in [3.63, 3.8) is 0 Å². The minimum absolute atomic E-state index is 0.290. The molecule has 0 spiro atoms. The first-order valence-corrected chi connectivity index (χ1v) is 8.28. The molecule has 26 heavy (non-hydrogen) atoms. The highest BCUT2D eigenvalue weighted by atomic mass is 35.5. The average molecular weight is 363 g/mol. The van der Waals surface area contributed by atoms with Gasteiger partial charge in [0.15, 0.2) is 0 Å². The highest BCUT2D eigenvalue weighted by molar-refractivity contribution is 6.31. The van der Waals surface area contributed by atoms with Crippen molar-refractivity contribution < 1.29 is 4.79 Å². The van der Waals surface area contributed by atoms with Crippen LogP contribution in [0.15, 0.2) is 66.9 Å². The molecule has 2 N–H and O–H groups in total. The van der Waals surface area contributed by atoms with Crippen LogP contribution in [0.2, 0.25) is 5.02 Å². The van der Waals surface area contributed by atoms with Gasteiger partial charge >= 0.3 is 0 Å². The van der Waals surface area contributed by atoms with Gasteiger partial charge in [0, 0.05) is 29.1 Å². The number of nitriles is 1. The molecule has 6 heteroatoms. The second kappa shape index (κ2) is 8.15. The number of anilines is 2. The molecule has 1 aromatic heterocycles. The summed E-state index contributed by atoms with van der Waals surface area (Å²) in [4.78, 5) is 16.5. The van der Waals surface area contributed by atoms with E-state index in [0.29, 0.717) is 28.5 Å². The van der Waals surface area contributed by atoms with Crippen LogP contribution >= 0.6 is 11.6 Å². The number of amides is 1. The number of nitrogens with zero attached hydrogens (tertiary/aromatic N) is 2. The Labute approximate surface area is 156 Å². The van der Waals surface area contributed by atoms with Crippen LogP contribution in [0.1, 0.15) is 21.6 Å². The van der Waals surface area contributed by atoms with Crippen molar-refractivity contribution in [2.45, 2.75) is 6.54 Å². The van der Waals surface area contributed by atoms with Crippen LogP contribution in [0.3, 0.4) is 0 Å². The first-order chi connectivity index (χ1) is 12.7. The second-order valence-electron chi connectivity index (χ2n) is 5.52. The van der Waals surface area contributed by atoms with E-state index < -0.39 is 0 Å². The van der Waals surface area contributed by atoms with Crippen LogP contribution in [0.4, 0.5) is 11.4 Å². The van der Waals surface area contributed by atoms with E-state index in [2.05, 4.69) is 15.6 Å². The number of carbonyl (C=O) groups is 1. The van der Waals surface area contributed by atoms with Crippen molar-refractivity contribution in [2.24, 2.45) is 0 Å². The van der Waals surface area contributed by atoms with E-state index in [4.69, 9.17) is 16.9 Å². The number of hydrogen-bond acceptors (Lipinski definition) is 4. The van der Waals surface area contributed by atoms with Gasteiger partial charge in [-0.3, -0.25) is 9.78 Å². The predicted octanol–water partition coefficient (Wildman–Crippen LogP) is 4.47. The SMILES string of the molecule is N#Cc1ccc(NC(=O)c2cc(NCc3ccccc3Cl)ccn2)cc1.